The Hall–Kier alpha value is -3.21. The van der Waals surface area contributed by atoms with Gasteiger partial charge in [0.1, 0.15) is 6.07 Å². The third kappa shape index (κ3) is 3.09. The molecule has 114 valence electrons. The zero-order valence-electron chi connectivity index (χ0n) is 12.3. The van der Waals surface area contributed by atoms with Crippen molar-refractivity contribution in [1.82, 2.24) is 4.98 Å². The second-order valence-corrected chi connectivity index (χ2v) is 3.97. The average Bonchev–Trinajstić information content (AvgIpc) is 3.01. The third-order valence-corrected chi connectivity index (χ3v) is 2.74. The Kier molecular flexibility index (Phi) is 4.82. The molecule has 1 aromatic carbocycles. The van der Waals surface area contributed by atoms with Gasteiger partial charge in [0, 0.05) is 5.56 Å². The van der Waals surface area contributed by atoms with Gasteiger partial charge >= 0.3 is 0 Å². The van der Waals surface area contributed by atoms with E-state index in [2.05, 4.69) is 15.5 Å². The van der Waals surface area contributed by atoms with Crippen LogP contribution in [0.2, 0.25) is 0 Å². The zero-order chi connectivity index (χ0) is 15.9. The van der Waals surface area contributed by atoms with Crippen LogP contribution < -0.4 is 19.6 Å². The normalized spacial score (nSPS) is 10.3. The molecular formula is C14H14N4O4. The fourth-order valence-electron chi connectivity index (χ4n) is 1.75. The summed E-state index contributed by atoms with van der Waals surface area (Å²) in [6, 6.07) is 5.35. The van der Waals surface area contributed by atoms with Crippen LogP contribution in [0.3, 0.4) is 0 Å². The zero-order valence-corrected chi connectivity index (χ0v) is 12.3. The summed E-state index contributed by atoms with van der Waals surface area (Å²) in [7, 11) is 4.59. The third-order valence-electron chi connectivity index (χ3n) is 2.74. The van der Waals surface area contributed by atoms with Crippen molar-refractivity contribution in [3.05, 3.63) is 29.8 Å². The maximum atomic E-state index is 8.81. The van der Waals surface area contributed by atoms with Crippen LogP contribution in [0.5, 0.6) is 17.2 Å². The number of hydrogen-bond acceptors (Lipinski definition) is 8. The largest absolute Gasteiger partial charge is 0.493 e. The van der Waals surface area contributed by atoms with Gasteiger partial charge in [-0.2, -0.15) is 10.4 Å². The summed E-state index contributed by atoms with van der Waals surface area (Å²) >= 11 is 0. The van der Waals surface area contributed by atoms with Crippen LogP contribution >= 0.6 is 0 Å². The molecule has 0 atom stereocenters. The summed E-state index contributed by atoms with van der Waals surface area (Å²) in [6.45, 7) is 0. The monoisotopic (exact) mass is 302 g/mol. The van der Waals surface area contributed by atoms with E-state index in [0.717, 1.165) is 6.39 Å². The van der Waals surface area contributed by atoms with Gasteiger partial charge < -0.3 is 18.6 Å². The highest BCUT2D eigenvalue weighted by molar-refractivity contribution is 5.83. The number of aromatic nitrogens is 1. The lowest BCUT2D eigenvalue weighted by Crippen LogP contribution is -1.97. The Labute approximate surface area is 126 Å². The van der Waals surface area contributed by atoms with Gasteiger partial charge in [0.05, 0.1) is 27.5 Å². The SMILES string of the molecule is COc1cc(C=NNc2ocnc2C#N)cc(OC)c1OC. The first kappa shape index (κ1) is 15.2. The van der Waals surface area contributed by atoms with E-state index in [1.807, 2.05) is 6.07 Å². The predicted octanol–water partition coefficient (Wildman–Crippen LogP) is 2.02. The number of methoxy groups -OCH3 is 3. The van der Waals surface area contributed by atoms with E-state index in [1.54, 1.807) is 12.1 Å². The fourth-order valence-corrected chi connectivity index (χ4v) is 1.75. The van der Waals surface area contributed by atoms with Gasteiger partial charge in [-0.3, -0.25) is 0 Å². The van der Waals surface area contributed by atoms with Gasteiger partial charge in [-0.05, 0) is 12.1 Å². The molecule has 0 radical (unpaired) electrons. The molecular weight excluding hydrogens is 288 g/mol. The highest BCUT2D eigenvalue weighted by Crippen LogP contribution is 2.37. The van der Waals surface area contributed by atoms with Gasteiger partial charge in [0.2, 0.25) is 11.4 Å². The van der Waals surface area contributed by atoms with Gasteiger partial charge in [0.15, 0.2) is 17.9 Å². The molecule has 0 unspecified atom stereocenters. The fraction of sp³-hybridized carbons (Fsp3) is 0.214. The molecule has 0 saturated carbocycles. The topological polar surface area (TPSA) is 102 Å². The molecule has 0 aliphatic carbocycles. The van der Waals surface area contributed by atoms with E-state index in [9.17, 15) is 0 Å². The van der Waals surface area contributed by atoms with Crippen molar-refractivity contribution in [2.45, 2.75) is 0 Å². The van der Waals surface area contributed by atoms with Gasteiger partial charge in [-0.15, -0.1) is 0 Å². The number of oxazole rings is 1. The molecule has 2 aromatic rings. The molecule has 1 aromatic heterocycles. The molecule has 0 fully saturated rings. The summed E-state index contributed by atoms with van der Waals surface area (Å²) in [5, 5.41) is 12.8. The number of anilines is 1. The summed E-state index contributed by atoms with van der Waals surface area (Å²) in [6.07, 6.45) is 2.68. The summed E-state index contributed by atoms with van der Waals surface area (Å²) in [5.74, 6) is 1.70. The van der Waals surface area contributed by atoms with E-state index < -0.39 is 0 Å². The van der Waals surface area contributed by atoms with E-state index in [4.69, 9.17) is 23.9 Å². The van der Waals surface area contributed by atoms with Crippen molar-refractivity contribution in [2.24, 2.45) is 5.10 Å². The predicted molar refractivity (Wildman–Crippen MR) is 78.5 cm³/mol. The van der Waals surface area contributed by atoms with Crippen LogP contribution in [0.25, 0.3) is 0 Å². The van der Waals surface area contributed by atoms with Crippen LogP contribution in [0.1, 0.15) is 11.3 Å². The molecule has 0 aliphatic rings. The molecule has 1 heterocycles. The van der Waals surface area contributed by atoms with Crippen LogP contribution in [0, 0.1) is 11.3 Å². The van der Waals surface area contributed by atoms with Gasteiger partial charge in [0.25, 0.3) is 5.88 Å². The molecule has 1 N–H and O–H groups in total. The Morgan fingerprint density at radius 3 is 2.45 bits per heavy atom. The lowest BCUT2D eigenvalue weighted by atomic mass is 10.2. The number of nitrogens with one attached hydrogen (secondary N) is 1. The molecule has 2 rings (SSSR count). The van der Waals surface area contributed by atoms with E-state index >= 15 is 0 Å². The summed E-state index contributed by atoms with van der Waals surface area (Å²) < 4.78 is 20.7. The van der Waals surface area contributed by atoms with Crippen molar-refractivity contribution in [2.75, 3.05) is 26.8 Å². The number of hydrogen-bond donors (Lipinski definition) is 1. The van der Waals surface area contributed by atoms with Crippen molar-refractivity contribution in [3.8, 4) is 23.3 Å². The van der Waals surface area contributed by atoms with Crippen LogP contribution in [0.15, 0.2) is 28.0 Å². The number of nitriles is 1. The molecule has 8 nitrogen and oxygen atoms in total. The Bertz CT molecular complexity index is 693. The molecule has 0 aliphatic heterocycles. The summed E-state index contributed by atoms with van der Waals surface area (Å²) in [4.78, 5) is 3.72. The Morgan fingerprint density at radius 1 is 1.23 bits per heavy atom. The maximum absolute atomic E-state index is 8.81. The first-order valence-electron chi connectivity index (χ1n) is 6.16. The van der Waals surface area contributed by atoms with Crippen LogP contribution in [0.4, 0.5) is 5.88 Å². The highest BCUT2D eigenvalue weighted by Gasteiger charge is 2.12. The number of ether oxygens (including phenoxy) is 3. The van der Waals surface area contributed by atoms with Gasteiger partial charge in [-0.1, -0.05) is 0 Å². The Morgan fingerprint density at radius 2 is 1.91 bits per heavy atom. The van der Waals surface area contributed by atoms with Crippen molar-refractivity contribution < 1.29 is 18.6 Å². The molecule has 0 amide bonds. The van der Waals surface area contributed by atoms with E-state index in [1.165, 1.54) is 27.5 Å². The standard InChI is InChI=1S/C14H14N4O4/c1-19-11-4-9(5-12(20-2)13(11)21-3)7-17-18-14-10(6-15)16-8-22-14/h4-5,7-8,18H,1-3H3. The number of benzene rings is 1. The van der Waals surface area contributed by atoms with Crippen molar-refractivity contribution in [1.29, 1.82) is 5.26 Å². The van der Waals surface area contributed by atoms with Crippen molar-refractivity contribution in [3.63, 3.8) is 0 Å². The first-order chi connectivity index (χ1) is 10.7. The molecule has 8 heteroatoms. The van der Waals surface area contributed by atoms with Crippen LogP contribution in [-0.2, 0) is 0 Å². The van der Waals surface area contributed by atoms with E-state index in [-0.39, 0.29) is 11.6 Å². The Balaban J connectivity index is 2.22. The second kappa shape index (κ2) is 6.99. The smallest absolute Gasteiger partial charge is 0.251 e. The lowest BCUT2D eigenvalue weighted by Gasteiger charge is -2.12. The average molecular weight is 302 g/mol. The maximum Gasteiger partial charge on any atom is 0.251 e. The minimum Gasteiger partial charge on any atom is -0.493 e. The number of hydrazone groups is 1. The van der Waals surface area contributed by atoms with Crippen LogP contribution in [-0.4, -0.2) is 32.5 Å². The molecule has 0 bridgehead atoms. The molecule has 0 saturated heterocycles. The van der Waals surface area contributed by atoms with E-state index in [0.29, 0.717) is 22.8 Å². The second-order valence-electron chi connectivity index (χ2n) is 3.97. The minimum atomic E-state index is 0.127. The molecule has 22 heavy (non-hydrogen) atoms. The molecule has 0 spiro atoms. The number of rotatable bonds is 6. The lowest BCUT2D eigenvalue weighted by molar-refractivity contribution is 0.324. The number of nitrogens with zero attached hydrogens (tertiary/aromatic N) is 3. The highest BCUT2D eigenvalue weighted by atomic mass is 16.5. The van der Waals surface area contributed by atoms with Crippen molar-refractivity contribution >= 4 is 12.1 Å². The van der Waals surface area contributed by atoms with Gasteiger partial charge in [-0.25, -0.2) is 10.4 Å². The quantitative estimate of drug-likeness (QED) is 0.643. The minimum absolute atomic E-state index is 0.127. The first-order valence-corrected chi connectivity index (χ1v) is 6.16. The summed E-state index contributed by atoms with van der Waals surface area (Å²) in [5.41, 5.74) is 3.44.